The average Bonchev–Trinajstić information content (AvgIpc) is 3.09. The van der Waals surface area contributed by atoms with Gasteiger partial charge in [-0.15, -0.1) is 5.10 Å². The lowest BCUT2D eigenvalue weighted by Crippen LogP contribution is -2.30. The molecule has 0 fully saturated rings. The number of methoxy groups -OCH3 is 1. The Bertz CT molecular complexity index is 691. The molecule has 2 aromatic rings. The molecule has 1 aromatic heterocycles. The number of carbonyl (C=O) groups excluding carboxylic acids is 1. The van der Waals surface area contributed by atoms with Crippen LogP contribution in [0.4, 0.5) is 0 Å². The molecule has 3 rings (SSSR count). The maximum atomic E-state index is 12.1. The maximum absolute atomic E-state index is 12.1. The molecule has 1 aliphatic rings. The third kappa shape index (κ3) is 3.77. The Morgan fingerprint density at radius 1 is 1.35 bits per heavy atom. The molecule has 23 heavy (non-hydrogen) atoms. The Morgan fingerprint density at radius 2 is 2.17 bits per heavy atom. The smallest absolute Gasteiger partial charge is 0.223 e. The first kappa shape index (κ1) is 15.3. The summed E-state index contributed by atoms with van der Waals surface area (Å²) in [6, 6.07) is 7.55. The minimum absolute atomic E-state index is 0.0802. The van der Waals surface area contributed by atoms with Crippen molar-refractivity contribution in [2.45, 2.75) is 25.8 Å². The highest BCUT2D eigenvalue weighted by Crippen LogP contribution is 2.18. The number of hydrogen-bond acceptors (Lipinski definition) is 4. The Kier molecular flexibility index (Phi) is 4.71. The Morgan fingerprint density at radius 3 is 2.87 bits per heavy atom. The van der Waals surface area contributed by atoms with E-state index in [1.165, 1.54) is 0 Å². The minimum atomic E-state index is 0.0802. The summed E-state index contributed by atoms with van der Waals surface area (Å²) in [6.45, 7) is 0.398. The zero-order valence-corrected chi connectivity index (χ0v) is 13.1. The number of nitrogens with one attached hydrogen (secondary N) is 1. The van der Waals surface area contributed by atoms with Gasteiger partial charge < -0.3 is 10.1 Å². The van der Waals surface area contributed by atoms with Crippen molar-refractivity contribution in [3.05, 3.63) is 48.3 Å². The number of hydrogen-bond donors (Lipinski definition) is 1. The Balaban J connectivity index is 1.58. The predicted molar refractivity (Wildman–Crippen MR) is 86.2 cm³/mol. The van der Waals surface area contributed by atoms with Gasteiger partial charge in [-0.05, 0) is 43.5 Å². The molecule has 0 radical (unpaired) electrons. The molecule has 6 heteroatoms. The van der Waals surface area contributed by atoms with Gasteiger partial charge in [-0.1, -0.05) is 17.4 Å². The second-order valence-electron chi connectivity index (χ2n) is 5.55. The molecule has 1 N–H and O–H groups in total. The summed E-state index contributed by atoms with van der Waals surface area (Å²) in [5.41, 5.74) is 1.63. The molecule has 0 spiro atoms. The lowest BCUT2D eigenvalue weighted by Gasteiger charge is -2.16. The second kappa shape index (κ2) is 7.09. The highest BCUT2D eigenvalue weighted by molar-refractivity contribution is 5.78. The minimum Gasteiger partial charge on any atom is -0.497 e. The lowest BCUT2D eigenvalue weighted by molar-refractivity contribution is -0.125. The fourth-order valence-corrected chi connectivity index (χ4v) is 2.59. The summed E-state index contributed by atoms with van der Waals surface area (Å²) >= 11 is 0. The molecular formula is C17H20N4O2. The van der Waals surface area contributed by atoms with Crippen molar-refractivity contribution in [2.75, 3.05) is 7.11 Å². The van der Waals surface area contributed by atoms with Gasteiger partial charge >= 0.3 is 0 Å². The SMILES string of the molecule is COc1ccc(-n2cc(CNC(=O)[C@@H]3CC=CCC3)nn2)cc1. The molecule has 0 bridgehead atoms. The fourth-order valence-electron chi connectivity index (χ4n) is 2.59. The molecule has 1 aromatic carbocycles. The molecular weight excluding hydrogens is 292 g/mol. The van der Waals surface area contributed by atoms with Crippen molar-refractivity contribution < 1.29 is 9.53 Å². The van der Waals surface area contributed by atoms with Crippen LogP contribution < -0.4 is 10.1 Å². The molecule has 1 amide bonds. The van der Waals surface area contributed by atoms with E-state index in [1.54, 1.807) is 11.8 Å². The number of amides is 1. The summed E-state index contributed by atoms with van der Waals surface area (Å²) in [6.07, 6.45) is 8.75. The van der Waals surface area contributed by atoms with Crippen LogP contribution in [0.15, 0.2) is 42.6 Å². The van der Waals surface area contributed by atoms with Crippen molar-refractivity contribution in [1.29, 1.82) is 0 Å². The van der Waals surface area contributed by atoms with Crippen molar-refractivity contribution in [3.8, 4) is 11.4 Å². The molecule has 0 unspecified atom stereocenters. The highest BCUT2D eigenvalue weighted by atomic mass is 16.5. The van der Waals surface area contributed by atoms with E-state index >= 15 is 0 Å². The molecule has 0 saturated carbocycles. The summed E-state index contributed by atoms with van der Waals surface area (Å²) < 4.78 is 6.82. The van der Waals surface area contributed by atoms with Crippen LogP contribution in [0.3, 0.4) is 0 Å². The molecule has 6 nitrogen and oxygen atoms in total. The Labute approximate surface area is 135 Å². The topological polar surface area (TPSA) is 69.0 Å². The second-order valence-corrected chi connectivity index (χ2v) is 5.55. The molecule has 1 heterocycles. The average molecular weight is 312 g/mol. The van der Waals surface area contributed by atoms with Crippen LogP contribution in [-0.4, -0.2) is 28.0 Å². The van der Waals surface area contributed by atoms with Crippen LogP contribution in [-0.2, 0) is 11.3 Å². The highest BCUT2D eigenvalue weighted by Gasteiger charge is 2.18. The van der Waals surface area contributed by atoms with Gasteiger partial charge in [-0.2, -0.15) is 0 Å². The number of allylic oxidation sites excluding steroid dienone is 2. The van der Waals surface area contributed by atoms with Crippen LogP contribution in [0, 0.1) is 5.92 Å². The van der Waals surface area contributed by atoms with Gasteiger partial charge in [0.15, 0.2) is 0 Å². The zero-order valence-electron chi connectivity index (χ0n) is 13.1. The summed E-state index contributed by atoms with van der Waals surface area (Å²) in [7, 11) is 1.63. The van der Waals surface area contributed by atoms with E-state index in [0.717, 1.165) is 36.4 Å². The third-order valence-electron chi connectivity index (χ3n) is 3.96. The first-order valence-corrected chi connectivity index (χ1v) is 7.74. The maximum Gasteiger partial charge on any atom is 0.223 e. The van der Waals surface area contributed by atoms with E-state index in [2.05, 4.69) is 27.8 Å². The fraction of sp³-hybridized carbons (Fsp3) is 0.353. The summed E-state index contributed by atoms with van der Waals surface area (Å²) in [5, 5.41) is 11.1. The lowest BCUT2D eigenvalue weighted by atomic mass is 9.94. The number of aromatic nitrogens is 3. The largest absolute Gasteiger partial charge is 0.497 e. The van der Waals surface area contributed by atoms with E-state index in [0.29, 0.717) is 6.54 Å². The van der Waals surface area contributed by atoms with E-state index in [4.69, 9.17) is 4.74 Å². The quantitative estimate of drug-likeness (QED) is 0.860. The first-order valence-electron chi connectivity index (χ1n) is 7.74. The Hall–Kier alpha value is -2.63. The van der Waals surface area contributed by atoms with Gasteiger partial charge in [0, 0.05) is 5.92 Å². The van der Waals surface area contributed by atoms with Gasteiger partial charge in [-0.3, -0.25) is 4.79 Å². The van der Waals surface area contributed by atoms with Crippen molar-refractivity contribution >= 4 is 5.91 Å². The van der Waals surface area contributed by atoms with Gasteiger partial charge in [-0.25, -0.2) is 4.68 Å². The molecule has 0 aliphatic heterocycles. The van der Waals surface area contributed by atoms with E-state index < -0.39 is 0 Å². The molecule has 0 saturated heterocycles. The van der Waals surface area contributed by atoms with Crippen LogP contribution in [0.1, 0.15) is 25.0 Å². The third-order valence-corrected chi connectivity index (χ3v) is 3.96. The summed E-state index contributed by atoms with van der Waals surface area (Å²) in [5.74, 6) is 0.966. The van der Waals surface area contributed by atoms with Crippen molar-refractivity contribution in [2.24, 2.45) is 5.92 Å². The number of benzene rings is 1. The van der Waals surface area contributed by atoms with Crippen molar-refractivity contribution in [3.63, 3.8) is 0 Å². The molecule has 120 valence electrons. The normalized spacial score (nSPS) is 17.0. The van der Waals surface area contributed by atoms with Crippen molar-refractivity contribution in [1.82, 2.24) is 20.3 Å². The van der Waals surface area contributed by atoms with Gasteiger partial charge in [0.1, 0.15) is 11.4 Å². The number of ether oxygens (including phenoxy) is 1. The van der Waals surface area contributed by atoms with Gasteiger partial charge in [0.25, 0.3) is 0 Å². The van der Waals surface area contributed by atoms with Crippen LogP contribution in [0.5, 0.6) is 5.75 Å². The standard InChI is InChI=1S/C17H20N4O2/c1-23-16-9-7-15(8-10-16)21-12-14(19-20-21)11-18-17(22)13-5-3-2-4-6-13/h2-3,7-10,12-13H,4-6,11H2,1H3,(H,18,22)/t13-/m1/s1. The first-order chi connectivity index (χ1) is 11.3. The summed E-state index contributed by atoms with van der Waals surface area (Å²) in [4.78, 5) is 12.1. The predicted octanol–water partition coefficient (Wildman–Crippen LogP) is 2.25. The van der Waals surface area contributed by atoms with Crippen LogP contribution in [0.2, 0.25) is 0 Å². The molecule has 1 aliphatic carbocycles. The number of carbonyl (C=O) groups is 1. The van der Waals surface area contributed by atoms with E-state index in [1.807, 2.05) is 30.5 Å². The number of rotatable bonds is 5. The molecule has 1 atom stereocenters. The monoisotopic (exact) mass is 312 g/mol. The van der Waals surface area contributed by atoms with E-state index in [-0.39, 0.29) is 11.8 Å². The number of nitrogens with zero attached hydrogens (tertiary/aromatic N) is 3. The van der Waals surface area contributed by atoms with Gasteiger partial charge in [0.05, 0.1) is 25.5 Å². The van der Waals surface area contributed by atoms with Crippen LogP contribution in [0.25, 0.3) is 5.69 Å². The zero-order chi connectivity index (χ0) is 16.1. The van der Waals surface area contributed by atoms with Crippen LogP contribution >= 0.6 is 0 Å². The van der Waals surface area contributed by atoms with E-state index in [9.17, 15) is 4.79 Å². The van der Waals surface area contributed by atoms with Gasteiger partial charge in [0.2, 0.25) is 5.91 Å².